The lowest BCUT2D eigenvalue weighted by atomic mass is 9.68. The van der Waals surface area contributed by atoms with E-state index in [9.17, 15) is 0 Å². The summed E-state index contributed by atoms with van der Waals surface area (Å²) < 4.78 is 0. The highest BCUT2D eigenvalue weighted by Gasteiger charge is 2.46. The van der Waals surface area contributed by atoms with Crippen LogP contribution in [0.1, 0.15) is 22.3 Å². The van der Waals surface area contributed by atoms with Crippen LogP contribution in [0.3, 0.4) is 0 Å². The Hall–Kier alpha value is -6.71. The van der Waals surface area contributed by atoms with E-state index in [-0.39, 0.29) is 0 Å². The smallest absolute Gasteiger partial charge is 0.0972 e. The predicted octanol–water partition coefficient (Wildman–Crippen LogP) is 11.5. The molecule has 0 saturated heterocycles. The predicted molar refractivity (Wildman–Crippen MR) is 208 cm³/mol. The Morgan fingerprint density at radius 3 is 1.84 bits per heavy atom. The van der Waals surface area contributed by atoms with E-state index >= 15 is 0 Å². The molecule has 1 unspecified atom stereocenters. The molecule has 0 aliphatic heterocycles. The maximum Gasteiger partial charge on any atom is 0.0972 e. The van der Waals surface area contributed by atoms with Gasteiger partial charge < -0.3 is 0 Å². The first-order valence-corrected chi connectivity index (χ1v) is 17.3. The maximum atomic E-state index is 5.11. The third-order valence-corrected chi connectivity index (χ3v) is 10.5. The van der Waals surface area contributed by atoms with Gasteiger partial charge >= 0.3 is 0 Å². The van der Waals surface area contributed by atoms with Gasteiger partial charge in [-0.15, -0.1) is 0 Å². The fourth-order valence-electron chi connectivity index (χ4n) is 8.15. The van der Waals surface area contributed by atoms with E-state index in [1.165, 1.54) is 44.5 Å². The molecule has 9 aromatic rings. The molecule has 3 nitrogen and oxygen atoms in total. The van der Waals surface area contributed by atoms with Crippen LogP contribution in [0.25, 0.3) is 66.4 Å². The summed E-state index contributed by atoms with van der Waals surface area (Å²) in [6.45, 7) is 0. The van der Waals surface area contributed by atoms with Crippen molar-refractivity contribution in [3.05, 3.63) is 211 Å². The largest absolute Gasteiger partial charge is 0.264 e. The highest BCUT2D eigenvalue weighted by Crippen LogP contribution is 2.56. The molecule has 3 heterocycles. The van der Waals surface area contributed by atoms with Gasteiger partial charge in [-0.25, -0.2) is 4.98 Å². The average molecular weight is 650 g/mol. The van der Waals surface area contributed by atoms with Crippen molar-refractivity contribution < 1.29 is 0 Å². The van der Waals surface area contributed by atoms with Gasteiger partial charge in [-0.1, -0.05) is 133 Å². The Morgan fingerprint density at radius 2 is 1.04 bits per heavy atom. The van der Waals surface area contributed by atoms with Crippen LogP contribution in [0.4, 0.5) is 0 Å². The zero-order chi connectivity index (χ0) is 33.8. The molecule has 0 bridgehead atoms. The summed E-state index contributed by atoms with van der Waals surface area (Å²) in [4.78, 5) is 14.4. The zero-order valence-corrected chi connectivity index (χ0v) is 27.7. The van der Waals surface area contributed by atoms with Crippen molar-refractivity contribution in [2.45, 2.75) is 5.41 Å². The van der Waals surface area contributed by atoms with Crippen LogP contribution in [0, 0.1) is 0 Å². The summed E-state index contributed by atoms with van der Waals surface area (Å²) in [7, 11) is 0. The van der Waals surface area contributed by atoms with E-state index in [0.29, 0.717) is 0 Å². The Balaban J connectivity index is 1.07. The van der Waals surface area contributed by atoms with Gasteiger partial charge in [0.05, 0.1) is 22.1 Å². The number of aromatic nitrogens is 3. The molecule has 0 spiro atoms. The second-order valence-electron chi connectivity index (χ2n) is 13.2. The lowest BCUT2D eigenvalue weighted by molar-refractivity contribution is 0.763. The summed E-state index contributed by atoms with van der Waals surface area (Å²) in [5.74, 6) is 0. The average Bonchev–Trinajstić information content (AvgIpc) is 3.52. The number of fused-ring (bicyclic) bond motifs is 6. The van der Waals surface area contributed by atoms with Crippen molar-refractivity contribution in [3.8, 4) is 44.6 Å². The molecule has 51 heavy (non-hydrogen) atoms. The molecule has 6 aromatic carbocycles. The minimum atomic E-state index is -0.457. The number of rotatable bonds is 5. The Labute approximate surface area is 296 Å². The zero-order valence-electron chi connectivity index (χ0n) is 27.7. The van der Waals surface area contributed by atoms with Crippen molar-refractivity contribution in [1.29, 1.82) is 0 Å². The van der Waals surface area contributed by atoms with Gasteiger partial charge in [0, 0.05) is 34.9 Å². The molecule has 0 amide bonds. The number of hydrogen-bond donors (Lipinski definition) is 0. The molecule has 0 fully saturated rings. The number of benzene rings is 6. The first-order valence-electron chi connectivity index (χ1n) is 17.3. The highest BCUT2D eigenvalue weighted by atomic mass is 14.8. The second kappa shape index (κ2) is 11.7. The van der Waals surface area contributed by atoms with E-state index in [1.807, 2.05) is 30.7 Å². The lowest BCUT2D eigenvalue weighted by Gasteiger charge is -2.33. The molecular formula is C48H31N3. The first-order chi connectivity index (χ1) is 25.3. The van der Waals surface area contributed by atoms with E-state index in [2.05, 4.69) is 168 Å². The minimum Gasteiger partial charge on any atom is -0.264 e. The summed E-state index contributed by atoms with van der Waals surface area (Å²) in [5, 5.41) is 2.19. The maximum absolute atomic E-state index is 5.11. The molecule has 1 atom stereocenters. The molecule has 0 radical (unpaired) electrons. The quantitative estimate of drug-likeness (QED) is 0.174. The number of nitrogens with zero attached hydrogens (tertiary/aromatic N) is 3. The molecule has 10 rings (SSSR count). The van der Waals surface area contributed by atoms with Gasteiger partial charge in [0.1, 0.15) is 0 Å². The van der Waals surface area contributed by atoms with E-state index in [1.54, 1.807) is 0 Å². The topological polar surface area (TPSA) is 38.7 Å². The van der Waals surface area contributed by atoms with Gasteiger partial charge in [0.25, 0.3) is 0 Å². The Kier molecular flexibility index (Phi) is 6.71. The Bertz CT molecular complexity index is 2710. The summed E-state index contributed by atoms with van der Waals surface area (Å²) >= 11 is 0. The van der Waals surface area contributed by atoms with Gasteiger partial charge in [-0.05, 0) is 92.0 Å². The van der Waals surface area contributed by atoms with Crippen LogP contribution in [-0.4, -0.2) is 15.0 Å². The normalized spacial score (nSPS) is 14.7. The monoisotopic (exact) mass is 649 g/mol. The molecule has 1 aliphatic rings. The third kappa shape index (κ3) is 4.63. The van der Waals surface area contributed by atoms with Gasteiger partial charge in [-0.3, -0.25) is 9.97 Å². The molecule has 238 valence electrons. The van der Waals surface area contributed by atoms with Crippen molar-refractivity contribution in [1.82, 2.24) is 15.0 Å². The van der Waals surface area contributed by atoms with Crippen LogP contribution in [-0.2, 0) is 5.41 Å². The van der Waals surface area contributed by atoms with Crippen LogP contribution in [0.2, 0.25) is 0 Å². The third-order valence-electron chi connectivity index (χ3n) is 10.5. The fraction of sp³-hybridized carbons (Fsp3) is 0.0208. The van der Waals surface area contributed by atoms with E-state index in [4.69, 9.17) is 4.98 Å². The number of hydrogen-bond acceptors (Lipinski definition) is 3. The highest BCUT2D eigenvalue weighted by molar-refractivity contribution is 6.03. The van der Waals surface area contributed by atoms with Crippen LogP contribution in [0.5, 0.6) is 0 Å². The van der Waals surface area contributed by atoms with Gasteiger partial charge in [-0.2, -0.15) is 0 Å². The van der Waals surface area contributed by atoms with Gasteiger partial charge in [0.2, 0.25) is 0 Å². The molecule has 3 aromatic heterocycles. The molecule has 0 N–H and O–H groups in total. The minimum absolute atomic E-state index is 0.457. The van der Waals surface area contributed by atoms with Crippen molar-refractivity contribution in [3.63, 3.8) is 0 Å². The lowest BCUT2D eigenvalue weighted by Crippen LogP contribution is -2.28. The fourth-order valence-corrected chi connectivity index (χ4v) is 8.15. The Morgan fingerprint density at radius 1 is 0.392 bits per heavy atom. The molecular weight excluding hydrogens is 619 g/mol. The first kappa shape index (κ1) is 29.2. The molecule has 1 aliphatic carbocycles. The van der Waals surface area contributed by atoms with Crippen LogP contribution < -0.4 is 0 Å². The standard InChI is InChI=1S/C48H31N3/c1-2-15-39(16-3-1)48(40-17-9-26-49-31-40)43-19-5-4-18-41(43)42-30-37(22-24-44(42)48)35-11-6-10-34(28-35)36-12-7-13-38(29-36)45-25-23-33-21-20-32-14-8-27-50-46(32)47(33)51-45/h1-31H. The van der Waals surface area contributed by atoms with E-state index < -0.39 is 5.41 Å². The van der Waals surface area contributed by atoms with Crippen molar-refractivity contribution >= 4 is 21.8 Å². The van der Waals surface area contributed by atoms with Gasteiger partial charge in [0.15, 0.2) is 0 Å². The second-order valence-corrected chi connectivity index (χ2v) is 13.2. The summed E-state index contributed by atoms with van der Waals surface area (Å²) in [6, 6.07) is 61.1. The van der Waals surface area contributed by atoms with Crippen molar-refractivity contribution in [2.75, 3.05) is 0 Å². The summed E-state index contributed by atoms with van der Waals surface area (Å²) in [5.41, 5.74) is 15.6. The van der Waals surface area contributed by atoms with Crippen LogP contribution in [0.15, 0.2) is 188 Å². The SMILES string of the molecule is c1ccc(C2(c3cccnc3)c3ccccc3-c3cc(-c4cccc(-c5cccc(-c6ccc7ccc8cccnc8c7n6)c5)c4)ccc32)cc1. The summed E-state index contributed by atoms with van der Waals surface area (Å²) in [6.07, 6.45) is 5.72. The van der Waals surface area contributed by atoms with Crippen LogP contribution >= 0.6 is 0 Å². The molecule has 3 heteroatoms. The van der Waals surface area contributed by atoms with Crippen molar-refractivity contribution in [2.24, 2.45) is 0 Å². The molecule has 0 saturated carbocycles. The van der Waals surface area contributed by atoms with E-state index in [0.717, 1.165) is 44.2 Å². The number of pyridine rings is 3.